The zero-order valence-electron chi connectivity index (χ0n) is 15.7. The Balaban J connectivity index is 1.37. The molecule has 0 saturated heterocycles. The number of fused-ring (bicyclic) bond motifs is 2. The van der Waals surface area contributed by atoms with Gasteiger partial charge in [-0.2, -0.15) is 0 Å². The van der Waals surface area contributed by atoms with Crippen molar-refractivity contribution >= 4 is 11.7 Å². The summed E-state index contributed by atoms with van der Waals surface area (Å²) in [6, 6.07) is 9.69. The van der Waals surface area contributed by atoms with Gasteiger partial charge in [-0.3, -0.25) is 9.59 Å². The van der Waals surface area contributed by atoms with Gasteiger partial charge in [0.1, 0.15) is 0 Å². The molecule has 0 fully saturated rings. The lowest BCUT2D eigenvalue weighted by molar-refractivity contribution is -0.132. The van der Waals surface area contributed by atoms with E-state index in [9.17, 15) is 9.59 Å². The molecule has 5 nitrogen and oxygen atoms in total. The Labute approximate surface area is 158 Å². The lowest BCUT2D eigenvalue weighted by Gasteiger charge is -2.29. The number of hydrogen-bond acceptors (Lipinski definition) is 4. The largest absolute Gasteiger partial charge is 0.454 e. The van der Waals surface area contributed by atoms with E-state index in [0.717, 1.165) is 34.6 Å². The van der Waals surface area contributed by atoms with Gasteiger partial charge in [0.15, 0.2) is 17.3 Å². The lowest BCUT2D eigenvalue weighted by Crippen LogP contribution is -2.36. The minimum atomic E-state index is 0.0206. The van der Waals surface area contributed by atoms with Crippen molar-refractivity contribution < 1.29 is 19.1 Å². The number of ether oxygens (including phenoxy) is 2. The van der Waals surface area contributed by atoms with E-state index < -0.39 is 0 Å². The Hall–Kier alpha value is -2.82. The van der Waals surface area contributed by atoms with Crippen LogP contribution in [0.2, 0.25) is 0 Å². The average Bonchev–Trinajstić information content (AvgIpc) is 3.12. The van der Waals surface area contributed by atoms with Crippen LogP contribution in [0.3, 0.4) is 0 Å². The molecule has 4 rings (SSSR count). The molecule has 2 aromatic rings. The summed E-state index contributed by atoms with van der Waals surface area (Å²) in [5.74, 6) is 1.57. The van der Waals surface area contributed by atoms with Crippen molar-refractivity contribution in [3.8, 4) is 11.5 Å². The van der Waals surface area contributed by atoms with Gasteiger partial charge < -0.3 is 14.4 Å². The van der Waals surface area contributed by atoms with E-state index in [0.29, 0.717) is 18.7 Å². The molecule has 2 aliphatic heterocycles. The highest BCUT2D eigenvalue weighted by molar-refractivity contribution is 5.98. The number of ketones is 1. The van der Waals surface area contributed by atoms with Crippen LogP contribution in [-0.2, 0) is 17.8 Å². The second-order valence-corrected chi connectivity index (χ2v) is 7.26. The number of hydrogen-bond donors (Lipinski definition) is 0. The first-order valence-corrected chi connectivity index (χ1v) is 9.31. The van der Waals surface area contributed by atoms with Crippen LogP contribution in [0.1, 0.15) is 45.5 Å². The van der Waals surface area contributed by atoms with Crippen LogP contribution >= 0.6 is 0 Å². The third-order valence-corrected chi connectivity index (χ3v) is 5.45. The van der Waals surface area contributed by atoms with Gasteiger partial charge >= 0.3 is 0 Å². The third kappa shape index (κ3) is 3.54. The molecule has 0 saturated carbocycles. The maximum Gasteiger partial charge on any atom is 0.231 e. The van der Waals surface area contributed by atoms with E-state index in [1.807, 2.05) is 49.1 Å². The molecule has 5 heteroatoms. The predicted octanol–water partition coefficient (Wildman–Crippen LogP) is 3.58. The van der Waals surface area contributed by atoms with Crippen molar-refractivity contribution in [1.82, 2.24) is 4.90 Å². The fourth-order valence-corrected chi connectivity index (χ4v) is 3.60. The van der Waals surface area contributed by atoms with Gasteiger partial charge in [-0.15, -0.1) is 0 Å². The number of carbonyl (C=O) groups is 2. The molecule has 2 heterocycles. The first kappa shape index (κ1) is 17.6. The zero-order valence-corrected chi connectivity index (χ0v) is 15.7. The summed E-state index contributed by atoms with van der Waals surface area (Å²) in [6.07, 6.45) is 1.28. The van der Waals surface area contributed by atoms with Crippen LogP contribution in [0, 0.1) is 13.8 Å². The Kier molecular flexibility index (Phi) is 4.60. The summed E-state index contributed by atoms with van der Waals surface area (Å²) in [6.45, 7) is 5.50. The SMILES string of the molecule is Cc1ccc(C(=O)CCC(=O)N2CCc3cc4c(cc3C2)OCO4)cc1C. The Morgan fingerprint density at radius 3 is 2.44 bits per heavy atom. The van der Waals surface area contributed by atoms with Gasteiger partial charge in [-0.1, -0.05) is 12.1 Å². The van der Waals surface area contributed by atoms with E-state index in [1.54, 1.807) is 0 Å². The number of rotatable bonds is 4. The highest BCUT2D eigenvalue weighted by atomic mass is 16.7. The molecule has 0 radical (unpaired) electrons. The average molecular weight is 365 g/mol. The van der Waals surface area contributed by atoms with Crippen LogP contribution < -0.4 is 9.47 Å². The molecule has 27 heavy (non-hydrogen) atoms. The molecule has 0 unspecified atom stereocenters. The number of carbonyl (C=O) groups excluding carboxylic acids is 2. The van der Waals surface area contributed by atoms with Crippen molar-refractivity contribution in [1.29, 1.82) is 0 Å². The van der Waals surface area contributed by atoms with Crippen LogP contribution in [0.4, 0.5) is 0 Å². The van der Waals surface area contributed by atoms with Gasteiger partial charge in [0.25, 0.3) is 0 Å². The Bertz CT molecular complexity index is 919. The molecular formula is C22H23NO4. The van der Waals surface area contributed by atoms with Crippen molar-refractivity contribution in [2.75, 3.05) is 13.3 Å². The van der Waals surface area contributed by atoms with Crippen molar-refractivity contribution in [3.05, 3.63) is 58.1 Å². The van der Waals surface area contributed by atoms with Crippen molar-refractivity contribution in [2.45, 2.75) is 39.7 Å². The fourth-order valence-electron chi connectivity index (χ4n) is 3.60. The molecular weight excluding hydrogens is 342 g/mol. The zero-order chi connectivity index (χ0) is 19.0. The summed E-state index contributed by atoms with van der Waals surface area (Å²) in [5, 5.41) is 0. The van der Waals surface area contributed by atoms with E-state index in [-0.39, 0.29) is 31.3 Å². The smallest absolute Gasteiger partial charge is 0.231 e. The quantitative estimate of drug-likeness (QED) is 0.777. The van der Waals surface area contributed by atoms with E-state index >= 15 is 0 Å². The summed E-state index contributed by atoms with van der Waals surface area (Å²) in [4.78, 5) is 26.9. The maximum atomic E-state index is 12.6. The van der Waals surface area contributed by atoms with Crippen molar-refractivity contribution in [2.24, 2.45) is 0 Å². The second-order valence-electron chi connectivity index (χ2n) is 7.26. The Morgan fingerprint density at radius 1 is 0.963 bits per heavy atom. The van der Waals surface area contributed by atoms with Gasteiger partial charge in [0.05, 0.1) is 0 Å². The third-order valence-electron chi connectivity index (χ3n) is 5.45. The molecule has 0 aromatic heterocycles. The normalized spacial score (nSPS) is 14.8. The molecule has 0 N–H and O–H groups in total. The number of amides is 1. The molecule has 0 aliphatic carbocycles. The summed E-state index contributed by atoms with van der Waals surface area (Å²) in [5.41, 5.74) is 5.24. The van der Waals surface area contributed by atoms with Gasteiger partial charge in [0, 0.05) is 31.5 Å². The maximum absolute atomic E-state index is 12.6. The molecule has 2 aromatic carbocycles. The monoisotopic (exact) mass is 365 g/mol. The highest BCUT2D eigenvalue weighted by Gasteiger charge is 2.25. The van der Waals surface area contributed by atoms with Crippen LogP contribution in [0.15, 0.2) is 30.3 Å². The number of aryl methyl sites for hydroxylation is 2. The second kappa shape index (κ2) is 7.06. The Morgan fingerprint density at radius 2 is 1.70 bits per heavy atom. The van der Waals surface area contributed by atoms with E-state index in [1.165, 1.54) is 5.56 Å². The first-order chi connectivity index (χ1) is 13.0. The number of nitrogens with zero attached hydrogens (tertiary/aromatic N) is 1. The van der Waals surface area contributed by atoms with Gasteiger partial charge in [0.2, 0.25) is 12.7 Å². The number of Topliss-reactive ketones (excluding diaryl/α,β-unsaturated/α-hetero) is 1. The van der Waals surface area contributed by atoms with Crippen LogP contribution in [0.25, 0.3) is 0 Å². The standard InChI is InChI=1S/C22H23NO4/c1-14-3-4-17(9-15(14)2)19(24)5-6-22(25)23-8-7-16-10-20-21(27-13-26-20)11-18(16)12-23/h3-4,9-11H,5-8,12-13H2,1-2H3. The minimum Gasteiger partial charge on any atom is -0.454 e. The topological polar surface area (TPSA) is 55.8 Å². The summed E-state index contributed by atoms with van der Waals surface area (Å²) < 4.78 is 10.9. The van der Waals surface area contributed by atoms with E-state index in [2.05, 4.69) is 0 Å². The van der Waals surface area contributed by atoms with Crippen LogP contribution in [0.5, 0.6) is 11.5 Å². The highest BCUT2D eigenvalue weighted by Crippen LogP contribution is 2.36. The predicted molar refractivity (Wildman–Crippen MR) is 101 cm³/mol. The molecule has 0 bridgehead atoms. The minimum absolute atomic E-state index is 0.0206. The number of benzene rings is 2. The first-order valence-electron chi connectivity index (χ1n) is 9.31. The van der Waals surface area contributed by atoms with Crippen LogP contribution in [-0.4, -0.2) is 29.9 Å². The lowest BCUT2D eigenvalue weighted by atomic mass is 9.98. The molecule has 0 spiro atoms. The van der Waals surface area contributed by atoms with E-state index in [4.69, 9.17) is 9.47 Å². The van der Waals surface area contributed by atoms with Crippen molar-refractivity contribution in [3.63, 3.8) is 0 Å². The fraction of sp³-hybridized carbons (Fsp3) is 0.364. The molecule has 140 valence electrons. The summed E-state index contributed by atoms with van der Waals surface area (Å²) >= 11 is 0. The van der Waals surface area contributed by atoms with Gasteiger partial charge in [-0.05, 0) is 60.7 Å². The molecule has 1 amide bonds. The molecule has 0 atom stereocenters. The van der Waals surface area contributed by atoms with Gasteiger partial charge in [-0.25, -0.2) is 0 Å². The molecule has 2 aliphatic rings. The summed E-state index contributed by atoms with van der Waals surface area (Å²) in [7, 11) is 0.